The minimum Gasteiger partial charge on any atom is -0.508 e. The summed E-state index contributed by atoms with van der Waals surface area (Å²) in [5, 5.41) is 42.7. The number of aliphatic hydroxyl groups excluding tert-OH is 3. The number of carbonyl (C=O) groups excluding carboxylic acids is 1. The van der Waals surface area contributed by atoms with Crippen molar-refractivity contribution in [3.63, 3.8) is 0 Å². The summed E-state index contributed by atoms with van der Waals surface area (Å²) in [6.07, 6.45) is -0.769. The Labute approximate surface area is 148 Å². The summed E-state index contributed by atoms with van der Waals surface area (Å²) < 4.78 is 0. The number of carbonyl (C=O) groups is 1. The van der Waals surface area contributed by atoms with Crippen molar-refractivity contribution >= 4 is 5.91 Å². The fourth-order valence-electron chi connectivity index (χ4n) is 3.52. The van der Waals surface area contributed by atoms with Crippen molar-refractivity contribution in [2.24, 2.45) is 11.8 Å². The lowest BCUT2D eigenvalue weighted by Gasteiger charge is -2.30. The topological polar surface area (TPSA) is 110 Å². The second-order valence-electron chi connectivity index (χ2n) is 7.42. The number of aliphatic hydroxyl groups is 3. The molecule has 0 spiro atoms. The first kappa shape index (κ1) is 19.7. The minimum absolute atomic E-state index is 0.151. The molecule has 4 atom stereocenters. The van der Waals surface area contributed by atoms with Gasteiger partial charge in [-0.1, -0.05) is 26.0 Å². The largest absolute Gasteiger partial charge is 0.508 e. The fraction of sp³-hybridized carbons (Fsp3) is 0.632. The summed E-state index contributed by atoms with van der Waals surface area (Å²) in [4.78, 5) is 12.3. The van der Waals surface area contributed by atoms with Gasteiger partial charge in [-0.15, -0.1) is 0 Å². The van der Waals surface area contributed by atoms with E-state index in [4.69, 9.17) is 0 Å². The summed E-state index contributed by atoms with van der Waals surface area (Å²) in [6, 6.07) is 6.11. The zero-order valence-electron chi connectivity index (χ0n) is 14.8. The average Bonchev–Trinajstić information content (AvgIpc) is 2.87. The highest BCUT2D eigenvalue weighted by atomic mass is 16.3. The maximum atomic E-state index is 12.3. The van der Waals surface area contributed by atoms with Gasteiger partial charge >= 0.3 is 0 Å². The maximum Gasteiger partial charge on any atom is 0.249 e. The van der Waals surface area contributed by atoms with Crippen molar-refractivity contribution in [1.29, 1.82) is 0 Å². The van der Waals surface area contributed by atoms with E-state index >= 15 is 0 Å². The van der Waals surface area contributed by atoms with Crippen LogP contribution in [0, 0.1) is 11.8 Å². The molecular weight excluding hydrogens is 322 g/mol. The van der Waals surface area contributed by atoms with E-state index in [9.17, 15) is 25.2 Å². The number of phenolic OH excluding ortho intramolecular Hbond substituents is 1. The van der Waals surface area contributed by atoms with Gasteiger partial charge in [-0.2, -0.15) is 0 Å². The molecule has 140 valence electrons. The highest BCUT2D eigenvalue weighted by Gasteiger charge is 2.40. The van der Waals surface area contributed by atoms with Crippen molar-refractivity contribution in [3.8, 4) is 5.75 Å². The monoisotopic (exact) mass is 351 g/mol. The summed E-state index contributed by atoms with van der Waals surface area (Å²) in [5.41, 5.74) is 0.868. The van der Waals surface area contributed by atoms with Gasteiger partial charge in [-0.25, -0.2) is 0 Å². The number of benzene rings is 1. The van der Waals surface area contributed by atoms with Crippen LogP contribution in [-0.2, 0) is 11.2 Å². The number of phenols is 1. The van der Waals surface area contributed by atoms with Crippen molar-refractivity contribution in [2.45, 2.75) is 63.9 Å². The van der Waals surface area contributed by atoms with Crippen LogP contribution in [0.5, 0.6) is 5.75 Å². The number of rotatable bonds is 7. The van der Waals surface area contributed by atoms with E-state index in [-0.39, 0.29) is 11.7 Å². The lowest BCUT2D eigenvalue weighted by molar-refractivity contribution is -0.131. The number of hydrogen-bond donors (Lipinski definition) is 5. The maximum absolute atomic E-state index is 12.3. The Bertz CT molecular complexity index is 549. The third-order valence-electron chi connectivity index (χ3n) is 4.83. The molecule has 2 rings (SSSR count). The van der Waals surface area contributed by atoms with Crippen molar-refractivity contribution < 1.29 is 25.2 Å². The molecule has 1 unspecified atom stereocenters. The van der Waals surface area contributed by atoms with Crippen LogP contribution >= 0.6 is 0 Å². The molecule has 1 saturated carbocycles. The van der Waals surface area contributed by atoms with E-state index in [1.165, 1.54) is 0 Å². The Kier molecular flexibility index (Phi) is 6.81. The second-order valence-corrected chi connectivity index (χ2v) is 7.42. The molecule has 5 N–H and O–H groups in total. The molecule has 1 fully saturated rings. The Balaban J connectivity index is 2.14. The highest BCUT2D eigenvalue weighted by molar-refractivity contribution is 5.80. The first-order valence-corrected chi connectivity index (χ1v) is 8.90. The van der Waals surface area contributed by atoms with Crippen molar-refractivity contribution in [3.05, 3.63) is 29.8 Å². The van der Waals surface area contributed by atoms with Gasteiger partial charge in [0.1, 0.15) is 11.9 Å². The van der Waals surface area contributed by atoms with Crippen molar-refractivity contribution in [2.75, 3.05) is 0 Å². The van der Waals surface area contributed by atoms with Crippen LogP contribution in [0.4, 0.5) is 0 Å². The Morgan fingerprint density at radius 2 is 1.72 bits per heavy atom. The molecule has 0 heterocycles. The molecule has 0 aromatic heterocycles. The summed E-state index contributed by atoms with van der Waals surface area (Å²) in [6.45, 7) is 3.85. The van der Waals surface area contributed by atoms with Gasteiger partial charge < -0.3 is 25.7 Å². The van der Waals surface area contributed by atoms with Gasteiger partial charge in [-0.3, -0.25) is 4.79 Å². The van der Waals surface area contributed by atoms with Gasteiger partial charge in [0.15, 0.2) is 0 Å². The van der Waals surface area contributed by atoms with E-state index in [1.807, 2.05) is 13.8 Å². The van der Waals surface area contributed by atoms with Crippen LogP contribution in [0.2, 0.25) is 0 Å². The molecule has 0 saturated heterocycles. The molecule has 1 aliphatic carbocycles. The molecule has 6 heteroatoms. The molecule has 1 aromatic carbocycles. The molecule has 0 radical (unpaired) electrons. The normalized spacial score (nSPS) is 23.6. The fourth-order valence-corrected chi connectivity index (χ4v) is 3.52. The van der Waals surface area contributed by atoms with Crippen LogP contribution in [0.3, 0.4) is 0 Å². The highest BCUT2D eigenvalue weighted by Crippen LogP contribution is 2.31. The van der Waals surface area contributed by atoms with E-state index in [0.29, 0.717) is 25.7 Å². The van der Waals surface area contributed by atoms with Gasteiger partial charge in [0.05, 0.1) is 12.2 Å². The predicted octanol–water partition coefficient (Wildman–Crippen LogP) is 0.958. The molecule has 25 heavy (non-hydrogen) atoms. The van der Waals surface area contributed by atoms with E-state index in [0.717, 1.165) is 5.56 Å². The quantitative estimate of drug-likeness (QED) is 0.503. The molecule has 0 bridgehead atoms. The molecule has 0 aliphatic heterocycles. The zero-order valence-corrected chi connectivity index (χ0v) is 14.8. The SMILES string of the molecule is CC(C)CC(O)C(=O)N[C@@H](Cc1ccc(O)cc1)C1[C@@H](O)CC[C@@H]1O. The van der Waals surface area contributed by atoms with Gasteiger partial charge in [-0.05, 0) is 49.3 Å². The number of nitrogens with one attached hydrogen (secondary N) is 1. The Morgan fingerprint density at radius 1 is 1.16 bits per heavy atom. The van der Waals surface area contributed by atoms with Crippen LogP contribution in [-0.4, -0.2) is 50.7 Å². The molecule has 1 aliphatic rings. The van der Waals surface area contributed by atoms with Crippen molar-refractivity contribution in [1.82, 2.24) is 5.32 Å². The van der Waals surface area contributed by atoms with Gasteiger partial charge in [0.25, 0.3) is 0 Å². The third kappa shape index (κ3) is 5.42. The van der Waals surface area contributed by atoms with Crippen LogP contribution in [0.1, 0.15) is 38.7 Å². The number of aromatic hydroxyl groups is 1. The third-order valence-corrected chi connectivity index (χ3v) is 4.83. The summed E-state index contributed by atoms with van der Waals surface area (Å²) >= 11 is 0. The van der Waals surface area contributed by atoms with Crippen LogP contribution < -0.4 is 5.32 Å². The Morgan fingerprint density at radius 3 is 2.24 bits per heavy atom. The molecule has 1 amide bonds. The number of amides is 1. The molecule has 1 aromatic rings. The van der Waals surface area contributed by atoms with E-state index in [2.05, 4.69) is 5.32 Å². The predicted molar refractivity (Wildman–Crippen MR) is 93.9 cm³/mol. The first-order valence-electron chi connectivity index (χ1n) is 8.90. The molecular formula is C19H29NO5. The molecule has 6 nitrogen and oxygen atoms in total. The lowest BCUT2D eigenvalue weighted by Crippen LogP contribution is -2.50. The van der Waals surface area contributed by atoms with Crippen LogP contribution in [0.25, 0.3) is 0 Å². The van der Waals surface area contributed by atoms with Gasteiger partial charge in [0.2, 0.25) is 5.91 Å². The summed E-state index contributed by atoms with van der Waals surface area (Å²) in [7, 11) is 0. The zero-order chi connectivity index (χ0) is 18.6. The first-order chi connectivity index (χ1) is 11.8. The van der Waals surface area contributed by atoms with E-state index in [1.54, 1.807) is 24.3 Å². The van der Waals surface area contributed by atoms with E-state index < -0.39 is 36.2 Å². The van der Waals surface area contributed by atoms with Crippen LogP contribution in [0.15, 0.2) is 24.3 Å². The average molecular weight is 351 g/mol. The summed E-state index contributed by atoms with van der Waals surface area (Å²) in [5.74, 6) is -0.635. The Hall–Kier alpha value is -1.63. The number of hydrogen-bond acceptors (Lipinski definition) is 5. The lowest BCUT2D eigenvalue weighted by atomic mass is 9.88. The standard InChI is InChI=1S/C19H29NO5/c1-11(2)9-17(24)19(25)20-14(18-15(22)7-8-16(18)23)10-12-3-5-13(21)6-4-12/h3-6,11,14-18,21-24H,7-10H2,1-2H3,(H,20,25)/t14-,15-,16-,17?/m0/s1. The second kappa shape index (κ2) is 8.65. The smallest absolute Gasteiger partial charge is 0.249 e. The van der Waals surface area contributed by atoms with Gasteiger partial charge in [0, 0.05) is 12.0 Å². The minimum atomic E-state index is -1.11.